The highest BCUT2D eigenvalue weighted by Crippen LogP contribution is 2.57. The molecule has 4 aromatic carbocycles. The molecule has 0 aliphatic carbocycles. The summed E-state index contributed by atoms with van der Waals surface area (Å²) in [5, 5.41) is 8.84. The van der Waals surface area contributed by atoms with Crippen LogP contribution in [0, 0.1) is 0 Å². The van der Waals surface area contributed by atoms with Crippen molar-refractivity contribution >= 4 is 34.1 Å². The molecule has 4 rings (SSSR count). The van der Waals surface area contributed by atoms with Gasteiger partial charge in [0.05, 0.1) is 22.7 Å². The van der Waals surface area contributed by atoms with Gasteiger partial charge in [0.2, 0.25) is 5.41 Å². The Labute approximate surface area is 221 Å². The van der Waals surface area contributed by atoms with Gasteiger partial charge in [0.15, 0.2) is 0 Å². The summed E-state index contributed by atoms with van der Waals surface area (Å²) in [6.07, 6.45) is -11.5. The van der Waals surface area contributed by atoms with Gasteiger partial charge in [-0.15, -0.1) is 0 Å². The summed E-state index contributed by atoms with van der Waals surface area (Å²) in [7, 11) is 0. The highest BCUT2D eigenvalue weighted by Gasteiger charge is 2.72. The van der Waals surface area contributed by atoms with E-state index in [0.29, 0.717) is 17.1 Å². The number of para-hydroxylation sites is 2. The maximum absolute atomic E-state index is 14.8. The molecule has 204 valence electrons. The standard InChI is InChI=1S/C29H26F6N4/c1-2-37-26-18-20(14-16-25(26)39-22-11-7-4-8-12-22)27(28(30,31)32,29(33,34)35)19-13-15-24(23(36)17-19)38-21-9-5-3-6-10-21/h3-18,37-39H,2,36H2,1H3. The van der Waals surface area contributed by atoms with Crippen LogP contribution in [-0.2, 0) is 5.41 Å². The normalized spacial score (nSPS) is 12.2. The van der Waals surface area contributed by atoms with E-state index in [2.05, 4.69) is 16.0 Å². The van der Waals surface area contributed by atoms with Gasteiger partial charge in [0, 0.05) is 17.9 Å². The second-order valence-electron chi connectivity index (χ2n) is 8.82. The van der Waals surface area contributed by atoms with Gasteiger partial charge < -0.3 is 21.7 Å². The Morgan fingerprint density at radius 2 is 1.05 bits per heavy atom. The van der Waals surface area contributed by atoms with Crippen molar-refractivity contribution in [1.29, 1.82) is 0 Å². The molecule has 4 nitrogen and oxygen atoms in total. The first-order valence-electron chi connectivity index (χ1n) is 12.0. The highest BCUT2D eigenvalue weighted by molar-refractivity contribution is 5.77. The van der Waals surface area contributed by atoms with Crippen LogP contribution in [0.15, 0.2) is 97.1 Å². The monoisotopic (exact) mass is 544 g/mol. The molecule has 0 saturated heterocycles. The van der Waals surface area contributed by atoms with Crippen molar-refractivity contribution in [2.45, 2.75) is 24.7 Å². The SMILES string of the molecule is CCNc1cc(C(c2ccc(Nc3ccccc3)c(N)c2)(C(F)(F)F)C(F)(F)F)ccc1Nc1ccccc1. The number of hydrogen-bond donors (Lipinski definition) is 4. The van der Waals surface area contributed by atoms with Crippen LogP contribution in [0.1, 0.15) is 18.1 Å². The number of nitrogens with two attached hydrogens (primary N) is 1. The van der Waals surface area contributed by atoms with Crippen LogP contribution in [0.25, 0.3) is 0 Å². The fourth-order valence-electron chi connectivity index (χ4n) is 4.47. The Morgan fingerprint density at radius 1 is 0.590 bits per heavy atom. The molecule has 0 heterocycles. The summed E-state index contributed by atoms with van der Waals surface area (Å²) < 4.78 is 88.6. The Kier molecular flexibility index (Phi) is 7.67. The van der Waals surface area contributed by atoms with E-state index in [1.165, 1.54) is 6.07 Å². The van der Waals surface area contributed by atoms with E-state index >= 15 is 0 Å². The third kappa shape index (κ3) is 5.45. The number of benzene rings is 4. The average molecular weight is 545 g/mol. The molecule has 0 aliphatic rings. The van der Waals surface area contributed by atoms with Crippen molar-refractivity contribution in [3.63, 3.8) is 0 Å². The molecule has 10 heteroatoms. The molecule has 5 N–H and O–H groups in total. The molecule has 0 fully saturated rings. The molecule has 0 spiro atoms. The van der Waals surface area contributed by atoms with Crippen molar-refractivity contribution < 1.29 is 26.3 Å². The van der Waals surface area contributed by atoms with Gasteiger partial charge in [-0.25, -0.2) is 0 Å². The Bertz CT molecular complexity index is 1390. The predicted molar refractivity (Wildman–Crippen MR) is 144 cm³/mol. The Balaban J connectivity index is 1.87. The molecule has 4 aromatic rings. The lowest BCUT2D eigenvalue weighted by Gasteiger charge is -2.39. The molecule has 0 aliphatic heterocycles. The zero-order valence-electron chi connectivity index (χ0n) is 20.8. The van der Waals surface area contributed by atoms with E-state index in [9.17, 15) is 26.3 Å². The molecule has 0 radical (unpaired) electrons. The van der Waals surface area contributed by atoms with E-state index < -0.39 is 28.9 Å². The Morgan fingerprint density at radius 3 is 1.51 bits per heavy atom. The number of nitrogen functional groups attached to an aromatic ring is 1. The predicted octanol–water partition coefficient (Wildman–Crippen LogP) is 8.60. The molecular formula is C29H26F6N4. The summed E-state index contributed by atoms with van der Waals surface area (Å²) in [5.74, 6) is 0. The summed E-state index contributed by atoms with van der Waals surface area (Å²) in [6, 6.07) is 23.0. The van der Waals surface area contributed by atoms with Gasteiger partial charge in [0.1, 0.15) is 0 Å². The number of hydrogen-bond acceptors (Lipinski definition) is 4. The lowest BCUT2D eigenvalue weighted by Crippen LogP contribution is -2.54. The second kappa shape index (κ2) is 10.8. The first-order chi connectivity index (χ1) is 18.5. The molecule has 0 saturated carbocycles. The van der Waals surface area contributed by atoms with Crippen molar-refractivity contribution in [1.82, 2.24) is 0 Å². The fraction of sp³-hybridized carbons (Fsp3) is 0.172. The minimum atomic E-state index is -5.75. The number of nitrogens with one attached hydrogen (secondary N) is 3. The number of alkyl halides is 6. The zero-order chi connectivity index (χ0) is 28.3. The first kappa shape index (κ1) is 27.7. The third-order valence-corrected chi connectivity index (χ3v) is 6.26. The topological polar surface area (TPSA) is 62.1 Å². The van der Waals surface area contributed by atoms with E-state index in [1.807, 2.05) is 0 Å². The van der Waals surface area contributed by atoms with E-state index in [-0.39, 0.29) is 23.6 Å². The summed E-state index contributed by atoms with van der Waals surface area (Å²) in [6.45, 7) is 1.96. The van der Waals surface area contributed by atoms with Gasteiger partial charge in [0.25, 0.3) is 0 Å². The maximum Gasteiger partial charge on any atom is 0.411 e. The molecule has 0 amide bonds. The van der Waals surface area contributed by atoms with Crippen LogP contribution in [0.2, 0.25) is 0 Å². The fourth-order valence-corrected chi connectivity index (χ4v) is 4.47. The zero-order valence-corrected chi connectivity index (χ0v) is 20.8. The number of anilines is 6. The smallest absolute Gasteiger partial charge is 0.397 e. The van der Waals surface area contributed by atoms with Crippen LogP contribution >= 0.6 is 0 Å². The van der Waals surface area contributed by atoms with Crippen molar-refractivity contribution in [3.05, 3.63) is 108 Å². The van der Waals surface area contributed by atoms with E-state index in [0.717, 1.165) is 30.3 Å². The van der Waals surface area contributed by atoms with Crippen LogP contribution in [0.3, 0.4) is 0 Å². The van der Waals surface area contributed by atoms with E-state index in [4.69, 9.17) is 5.73 Å². The Hall–Kier alpha value is -4.34. The van der Waals surface area contributed by atoms with Crippen molar-refractivity contribution in [2.24, 2.45) is 0 Å². The van der Waals surface area contributed by atoms with Crippen LogP contribution in [0.5, 0.6) is 0 Å². The average Bonchev–Trinajstić information content (AvgIpc) is 2.87. The van der Waals surface area contributed by atoms with Gasteiger partial charge >= 0.3 is 12.4 Å². The number of rotatable bonds is 8. The maximum atomic E-state index is 14.8. The van der Waals surface area contributed by atoms with Crippen LogP contribution < -0.4 is 21.7 Å². The number of halogens is 6. The minimum absolute atomic E-state index is 0.0899. The summed E-state index contributed by atoms with van der Waals surface area (Å²) in [4.78, 5) is 0. The molecule has 39 heavy (non-hydrogen) atoms. The largest absolute Gasteiger partial charge is 0.411 e. The molecular weight excluding hydrogens is 518 g/mol. The molecule has 0 bridgehead atoms. The van der Waals surface area contributed by atoms with Crippen LogP contribution in [-0.4, -0.2) is 18.9 Å². The lowest BCUT2D eigenvalue weighted by molar-refractivity contribution is -0.288. The van der Waals surface area contributed by atoms with E-state index in [1.54, 1.807) is 67.6 Å². The molecule has 0 unspecified atom stereocenters. The molecule has 0 aromatic heterocycles. The van der Waals surface area contributed by atoms with Gasteiger partial charge in [-0.1, -0.05) is 48.5 Å². The summed E-state index contributed by atoms with van der Waals surface area (Å²) in [5.41, 5.74) is 1.17. The lowest BCUT2D eigenvalue weighted by atomic mass is 9.72. The minimum Gasteiger partial charge on any atom is -0.397 e. The van der Waals surface area contributed by atoms with Gasteiger partial charge in [-0.05, 0) is 66.6 Å². The third-order valence-electron chi connectivity index (χ3n) is 6.26. The van der Waals surface area contributed by atoms with Crippen LogP contribution in [0.4, 0.5) is 60.5 Å². The van der Waals surface area contributed by atoms with Gasteiger partial charge in [-0.2, -0.15) is 26.3 Å². The highest BCUT2D eigenvalue weighted by atomic mass is 19.4. The molecule has 0 atom stereocenters. The second-order valence-corrected chi connectivity index (χ2v) is 8.82. The van der Waals surface area contributed by atoms with Crippen molar-refractivity contribution in [3.8, 4) is 0 Å². The van der Waals surface area contributed by atoms with Crippen molar-refractivity contribution in [2.75, 3.05) is 28.2 Å². The summed E-state index contributed by atoms with van der Waals surface area (Å²) >= 11 is 0. The first-order valence-corrected chi connectivity index (χ1v) is 12.0. The quantitative estimate of drug-likeness (QED) is 0.133. The van der Waals surface area contributed by atoms with Gasteiger partial charge in [-0.3, -0.25) is 0 Å².